The molecule has 2 aromatic rings. The summed E-state index contributed by atoms with van der Waals surface area (Å²) in [5.74, 6) is 0. The topological polar surface area (TPSA) is 61.6 Å². The highest BCUT2D eigenvalue weighted by atomic mass is 15.0. The molecule has 0 bridgehead atoms. The van der Waals surface area contributed by atoms with Gasteiger partial charge in [0.2, 0.25) is 0 Å². The Hall–Kier alpha value is -2.41. The highest BCUT2D eigenvalue weighted by molar-refractivity contribution is 5.42. The van der Waals surface area contributed by atoms with Crippen LogP contribution in [0.3, 0.4) is 0 Å². The van der Waals surface area contributed by atoms with Gasteiger partial charge in [0.15, 0.2) is 0 Å². The molecule has 0 saturated carbocycles. The van der Waals surface area contributed by atoms with Crippen molar-refractivity contribution in [2.45, 2.75) is 13.0 Å². The second-order valence-corrected chi connectivity index (χ2v) is 3.73. The number of aromatic nitrogens is 2. The van der Waals surface area contributed by atoms with Crippen molar-refractivity contribution in [3.8, 4) is 6.07 Å². The maximum atomic E-state index is 8.84. The average molecular weight is 224 g/mol. The van der Waals surface area contributed by atoms with Crippen LogP contribution in [-0.2, 0) is 0 Å². The summed E-state index contributed by atoms with van der Waals surface area (Å²) < 4.78 is 0. The molecule has 0 saturated heterocycles. The number of anilines is 1. The van der Waals surface area contributed by atoms with Crippen LogP contribution in [-0.4, -0.2) is 9.97 Å². The summed E-state index contributed by atoms with van der Waals surface area (Å²) in [6.45, 7) is 2.03. The van der Waals surface area contributed by atoms with Gasteiger partial charge in [-0.2, -0.15) is 5.26 Å². The third-order valence-electron chi connectivity index (χ3n) is 2.46. The molecule has 0 fully saturated rings. The Balaban J connectivity index is 2.15. The number of hydrogen-bond donors (Lipinski definition) is 1. The van der Waals surface area contributed by atoms with Crippen molar-refractivity contribution in [1.82, 2.24) is 9.97 Å². The number of benzene rings is 1. The highest BCUT2D eigenvalue weighted by Crippen LogP contribution is 2.18. The van der Waals surface area contributed by atoms with Crippen LogP contribution in [0.2, 0.25) is 0 Å². The summed E-state index contributed by atoms with van der Waals surface area (Å²) in [7, 11) is 0. The van der Waals surface area contributed by atoms with Crippen LogP contribution in [0, 0.1) is 11.3 Å². The number of hydrogen-bond acceptors (Lipinski definition) is 4. The van der Waals surface area contributed by atoms with Gasteiger partial charge in [-0.15, -0.1) is 0 Å². The van der Waals surface area contributed by atoms with Gasteiger partial charge in [-0.25, -0.2) is 9.97 Å². The minimum Gasteiger partial charge on any atom is -0.376 e. The van der Waals surface area contributed by atoms with E-state index in [0.29, 0.717) is 5.56 Å². The van der Waals surface area contributed by atoms with E-state index in [1.807, 2.05) is 25.1 Å². The lowest BCUT2D eigenvalue weighted by atomic mass is 10.1. The third-order valence-corrected chi connectivity index (χ3v) is 2.46. The van der Waals surface area contributed by atoms with Gasteiger partial charge in [0.05, 0.1) is 29.7 Å². The van der Waals surface area contributed by atoms with Crippen LogP contribution in [0.1, 0.15) is 24.1 Å². The molecular weight excluding hydrogens is 212 g/mol. The Morgan fingerprint density at radius 3 is 2.76 bits per heavy atom. The molecule has 4 heteroatoms. The Bertz CT molecular complexity index is 531. The summed E-state index contributed by atoms with van der Waals surface area (Å²) in [6, 6.07) is 9.78. The van der Waals surface area contributed by atoms with Crippen LogP contribution in [0.25, 0.3) is 0 Å². The molecule has 0 aliphatic carbocycles. The number of nitrogens with zero attached hydrogens (tertiary/aromatic N) is 3. The van der Waals surface area contributed by atoms with Crippen molar-refractivity contribution >= 4 is 5.69 Å². The van der Waals surface area contributed by atoms with Gasteiger partial charge in [-0.1, -0.05) is 12.1 Å². The lowest BCUT2D eigenvalue weighted by molar-refractivity contribution is 0.879. The fourth-order valence-electron chi connectivity index (χ4n) is 1.58. The SMILES string of the molecule is CC(Nc1cncnc1)c1cccc(C#N)c1. The first-order valence-corrected chi connectivity index (χ1v) is 5.31. The maximum Gasteiger partial charge on any atom is 0.115 e. The number of rotatable bonds is 3. The first kappa shape index (κ1) is 11.1. The standard InChI is InChI=1S/C13H12N4/c1-10(17-13-7-15-9-16-8-13)12-4-2-3-11(5-12)6-14/h2-5,7-10,17H,1H3. The molecule has 1 heterocycles. The lowest BCUT2D eigenvalue weighted by Crippen LogP contribution is -2.07. The zero-order valence-corrected chi connectivity index (χ0v) is 9.46. The van der Waals surface area contributed by atoms with E-state index in [4.69, 9.17) is 5.26 Å². The van der Waals surface area contributed by atoms with Gasteiger partial charge in [0.25, 0.3) is 0 Å². The molecule has 1 unspecified atom stereocenters. The normalized spacial score (nSPS) is 11.5. The fraction of sp³-hybridized carbons (Fsp3) is 0.154. The van der Waals surface area contributed by atoms with Gasteiger partial charge in [0, 0.05) is 6.04 Å². The predicted molar refractivity (Wildman–Crippen MR) is 65.2 cm³/mol. The molecule has 1 N–H and O–H groups in total. The molecule has 0 aliphatic heterocycles. The van der Waals surface area contributed by atoms with E-state index in [0.717, 1.165) is 11.3 Å². The molecule has 84 valence electrons. The van der Waals surface area contributed by atoms with Crippen LogP contribution >= 0.6 is 0 Å². The van der Waals surface area contributed by atoms with Gasteiger partial charge in [-0.3, -0.25) is 0 Å². The van der Waals surface area contributed by atoms with E-state index in [2.05, 4.69) is 21.4 Å². The summed E-state index contributed by atoms with van der Waals surface area (Å²) in [4.78, 5) is 7.88. The molecular formula is C13H12N4. The molecule has 0 radical (unpaired) electrons. The highest BCUT2D eigenvalue weighted by Gasteiger charge is 2.05. The average Bonchev–Trinajstić information content (AvgIpc) is 2.40. The van der Waals surface area contributed by atoms with Gasteiger partial charge in [0.1, 0.15) is 6.33 Å². The van der Waals surface area contributed by atoms with Crippen LogP contribution in [0.5, 0.6) is 0 Å². The van der Waals surface area contributed by atoms with E-state index in [-0.39, 0.29) is 6.04 Å². The Kier molecular flexibility index (Phi) is 3.31. The fourth-order valence-corrected chi connectivity index (χ4v) is 1.58. The Morgan fingerprint density at radius 1 is 1.29 bits per heavy atom. The molecule has 1 aromatic heterocycles. The van der Waals surface area contributed by atoms with Gasteiger partial charge in [-0.05, 0) is 24.6 Å². The van der Waals surface area contributed by atoms with E-state index < -0.39 is 0 Å². The zero-order chi connectivity index (χ0) is 12.1. The summed E-state index contributed by atoms with van der Waals surface area (Å²) >= 11 is 0. The summed E-state index contributed by atoms with van der Waals surface area (Å²) in [6.07, 6.45) is 4.93. The Morgan fingerprint density at radius 2 is 2.06 bits per heavy atom. The lowest BCUT2D eigenvalue weighted by Gasteiger charge is -2.15. The van der Waals surface area contributed by atoms with Crippen molar-refractivity contribution < 1.29 is 0 Å². The molecule has 2 rings (SSSR count). The predicted octanol–water partition coefficient (Wildman–Crippen LogP) is 2.52. The smallest absolute Gasteiger partial charge is 0.115 e. The first-order chi connectivity index (χ1) is 8.29. The second-order valence-electron chi connectivity index (χ2n) is 3.73. The number of nitrogens with one attached hydrogen (secondary N) is 1. The summed E-state index contributed by atoms with van der Waals surface area (Å²) in [5.41, 5.74) is 2.59. The van der Waals surface area contributed by atoms with Crippen LogP contribution < -0.4 is 5.32 Å². The van der Waals surface area contributed by atoms with Crippen LogP contribution in [0.4, 0.5) is 5.69 Å². The van der Waals surface area contributed by atoms with Crippen molar-refractivity contribution in [3.05, 3.63) is 54.1 Å². The van der Waals surface area contributed by atoms with Crippen molar-refractivity contribution in [2.24, 2.45) is 0 Å². The molecule has 17 heavy (non-hydrogen) atoms. The van der Waals surface area contributed by atoms with E-state index in [1.54, 1.807) is 18.5 Å². The second kappa shape index (κ2) is 5.08. The maximum absolute atomic E-state index is 8.84. The quantitative estimate of drug-likeness (QED) is 0.870. The third kappa shape index (κ3) is 2.79. The molecule has 1 aromatic carbocycles. The van der Waals surface area contributed by atoms with Crippen molar-refractivity contribution in [2.75, 3.05) is 5.32 Å². The molecule has 1 atom stereocenters. The van der Waals surface area contributed by atoms with Gasteiger partial charge >= 0.3 is 0 Å². The first-order valence-electron chi connectivity index (χ1n) is 5.31. The monoisotopic (exact) mass is 224 g/mol. The van der Waals surface area contributed by atoms with Crippen molar-refractivity contribution in [3.63, 3.8) is 0 Å². The summed E-state index contributed by atoms with van der Waals surface area (Å²) in [5, 5.41) is 12.1. The zero-order valence-electron chi connectivity index (χ0n) is 9.46. The van der Waals surface area contributed by atoms with E-state index >= 15 is 0 Å². The molecule has 4 nitrogen and oxygen atoms in total. The Labute approximate surface area is 100.0 Å². The molecule has 0 spiro atoms. The van der Waals surface area contributed by atoms with E-state index in [9.17, 15) is 0 Å². The minimum absolute atomic E-state index is 0.106. The van der Waals surface area contributed by atoms with Gasteiger partial charge < -0.3 is 5.32 Å². The largest absolute Gasteiger partial charge is 0.376 e. The number of nitriles is 1. The molecule has 0 amide bonds. The van der Waals surface area contributed by atoms with Crippen LogP contribution in [0.15, 0.2) is 43.0 Å². The van der Waals surface area contributed by atoms with Crippen molar-refractivity contribution in [1.29, 1.82) is 5.26 Å². The van der Waals surface area contributed by atoms with E-state index in [1.165, 1.54) is 6.33 Å². The minimum atomic E-state index is 0.106. The molecule has 0 aliphatic rings.